The van der Waals surface area contributed by atoms with Gasteiger partial charge in [-0.05, 0) is 18.7 Å². The van der Waals surface area contributed by atoms with E-state index in [1.807, 2.05) is 0 Å². The highest BCUT2D eigenvalue weighted by Crippen LogP contribution is 2.60. The van der Waals surface area contributed by atoms with E-state index in [4.69, 9.17) is 40.4 Å². The fraction of sp³-hybridized carbons (Fsp3) is 0.524. The van der Waals surface area contributed by atoms with Crippen molar-refractivity contribution in [2.45, 2.75) is 62.3 Å². The number of nitrogens with two attached hydrogens (primary N) is 1. The van der Waals surface area contributed by atoms with Gasteiger partial charge < -0.3 is 34.5 Å². The van der Waals surface area contributed by atoms with Crippen molar-refractivity contribution < 1.29 is 41.8 Å². The molecule has 2 saturated heterocycles. The Bertz CT molecular complexity index is 1930. The van der Waals surface area contributed by atoms with Gasteiger partial charge in [-0.25, -0.2) is 33.9 Å². The minimum Gasteiger partial charge on any atom is -0.388 e. The molecule has 2 unspecified atom stereocenters. The number of alkyl halides is 1. The topological polar surface area (TPSA) is 237 Å². The summed E-state index contributed by atoms with van der Waals surface area (Å²) in [6.07, 6.45) is -6.84. The molecule has 18 nitrogen and oxygen atoms in total. The monoisotopic (exact) mass is 691 g/mol. The summed E-state index contributed by atoms with van der Waals surface area (Å²) in [5, 5.41) is 11.2. The molecule has 5 N–H and O–H groups in total. The van der Waals surface area contributed by atoms with E-state index in [0.29, 0.717) is 5.82 Å². The van der Waals surface area contributed by atoms with Gasteiger partial charge in [-0.3, -0.25) is 22.9 Å². The first-order valence-corrected chi connectivity index (χ1v) is 18.3. The molecule has 0 amide bonds. The molecule has 4 aromatic rings. The number of hydrogen-bond acceptors (Lipinski definition) is 15. The lowest BCUT2D eigenvalue weighted by Gasteiger charge is -2.30. The van der Waals surface area contributed by atoms with E-state index in [0.717, 1.165) is 0 Å². The number of thiol groups is 1. The quantitative estimate of drug-likeness (QED) is 0.145. The highest BCUT2D eigenvalue weighted by atomic mass is 32.7. The molecule has 10 atom stereocenters. The fourth-order valence-corrected chi connectivity index (χ4v) is 8.96. The van der Waals surface area contributed by atoms with Crippen LogP contribution in [0.4, 0.5) is 10.2 Å². The Morgan fingerprint density at radius 3 is 2.66 bits per heavy atom. The van der Waals surface area contributed by atoms with Crippen LogP contribution in [0.15, 0.2) is 23.8 Å². The van der Waals surface area contributed by atoms with Crippen molar-refractivity contribution in [3.05, 3.63) is 35.2 Å². The molecule has 7 rings (SSSR count). The van der Waals surface area contributed by atoms with Gasteiger partial charge in [0.1, 0.15) is 42.1 Å². The van der Waals surface area contributed by atoms with Crippen LogP contribution in [-0.4, -0.2) is 92.3 Å². The van der Waals surface area contributed by atoms with E-state index in [1.165, 1.54) is 28.1 Å². The molecule has 2 bridgehead atoms. The molecule has 1 saturated carbocycles. The SMILES string of the molecule is Cc1nc2c(ncn2[C@@H]2C[C@@H]3OP(O)(=S)O[C@H]4[C@H](F)[C@H](n5cnc6c(N)ncnc65)O[C@@H]4COP(=O)(S)O[C@@H]2[C@H]3O)c(=O)[nH]1. The van der Waals surface area contributed by atoms with Crippen LogP contribution in [0.1, 0.15) is 24.5 Å². The van der Waals surface area contributed by atoms with Crippen LogP contribution in [0.3, 0.4) is 0 Å². The Kier molecular flexibility index (Phi) is 7.45. The number of imidazole rings is 2. The normalized spacial score (nSPS) is 38.0. The molecule has 236 valence electrons. The number of aliphatic hydroxyl groups is 1. The number of anilines is 1. The highest BCUT2D eigenvalue weighted by Gasteiger charge is 2.54. The molecule has 0 aromatic carbocycles. The lowest BCUT2D eigenvalue weighted by molar-refractivity contribution is -0.0539. The molecule has 6 heterocycles. The van der Waals surface area contributed by atoms with E-state index < -0.39 is 74.6 Å². The largest absolute Gasteiger partial charge is 0.388 e. The third-order valence-electron chi connectivity index (χ3n) is 7.59. The van der Waals surface area contributed by atoms with Gasteiger partial charge in [0.05, 0.1) is 31.4 Å². The number of aromatic nitrogens is 8. The zero-order valence-corrected chi connectivity index (χ0v) is 25.9. The second-order valence-electron chi connectivity index (χ2n) is 10.4. The molecule has 4 aromatic heterocycles. The van der Waals surface area contributed by atoms with Gasteiger partial charge >= 0.3 is 13.5 Å². The maximum atomic E-state index is 16.1. The van der Waals surface area contributed by atoms with Crippen LogP contribution < -0.4 is 11.3 Å². The zero-order valence-electron chi connectivity index (χ0n) is 22.4. The summed E-state index contributed by atoms with van der Waals surface area (Å²) in [6.45, 7) is -7.62. The summed E-state index contributed by atoms with van der Waals surface area (Å²) in [7, 11) is 0. The molecule has 0 radical (unpaired) electrons. The molecule has 1 aliphatic carbocycles. The Morgan fingerprint density at radius 2 is 1.86 bits per heavy atom. The van der Waals surface area contributed by atoms with Crippen LogP contribution in [0.5, 0.6) is 0 Å². The van der Waals surface area contributed by atoms with Crippen molar-refractivity contribution in [3.8, 4) is 0 Å². The van der Waals surface area contributed by atoms with E-state index >= 15 is 4.39 Å². The minimum atomic E-state index is -4.30. The number of nitrogen functional groups attached to an aromatic ring is 1. The van der Waals surface area contributed by atoms with Gasteiger partial charge in [0.2, 0.25) is 0 Å². The standard InChI is InChI=1S/C21H24FN9O9P2S2/c1-7-28-19-13(20(33)29-7)27-5-30(19)8-2-9-14(32)15(8)39-41(34,43)36-3-10-16(40-42(35,44)38-9)11(22)21(37-10)31-6-26-12-17(23)24-4-25-18(12)31/h4-6,8-11,14-16,21,32H,2-3H2,1H3,(H,34,43)(H,35,44)(H2,23,24,25)(H,28,29,33)/t8-,9+,10-,11+,14+,15+,16-,21-,41?,42?/m1/s1. The lowest BCUT2D eigenvalue weighted by Crippen LogP contribution is -2.37. The molecular formula is C21H24FN9O9P2S2. The zero-order chi connectivity index (χ0) is 31.1. The molecule has 2 aliphatic heterocycles. The number of rotatable bonds is 2. The highest BCUT2D eigenvalue weighted by molar-refractivity contribution is 8.44. The fourth-order valence-electron chi connectivity index (χ4n) is 5.68. The summed E-state index contributed by atoms with van der Waals surface area (Å²) in [6, 6.07) is -0.897. The van der Waals surface area contributed by atoms with Crippen molar-refractivity contribution in [1.29, 1.82) is 0 Å². The first kappa shape index (κ1) is 30.2. The summed E-state index contributed by atoms with van der Waals surface area (Å²) in [5.41, 5.74) is 5.90. The van der Waals surface area contributed by atoms with Gasteiger partial charge in [0.25, 0.3) is 5.56 Å². The van der Waals surface area contributed by atoms with Crippen LogP contribution in [0.2, 0.25) is 0 Å². The molecule has 0 spiro atoms. The average molecular weight is 692 g/mol. The molecule has 3 fully saturated rings. The first-order chi connectivity index (χ1) is 20.8. The van der Waals surface area contributed by atoms with Crippen molar-refractivity contribution in [1.82, 2.24) is 39.0 Å². The van der Waals surface area contributed by atoms with E-state index in [9.17, 15) is 19.4 Å². The third-order valence-corrected chi connectivity index (χ3v) is 10.8. The number of nitrogens with one attached hydrogen (secondary N) is 1. The average Bonchev–Trinajstić information content (AvgIpc) is 3.70. The second kappa shape index (κ2) is 10.8. The number of halogens is 1. The number of aryl methyl sites for hydroxylation is 1. The number of nitrogens with zero attached hydrogens (tertiary/aromatic N) is 7. The Hall–Kier alpha value is -2.42. The number of H-pyrrole nitrogens is 1. The Balaban J connectivity index is 1.22. The smallest absolute Gasteiger partial charge is 0.386 e. The summed E-state index contributed by atoms with van der Waals surface area (Å²) >= 11 is 9.34. The second-order valence-corrected chi connectivity index (χ2v) is 16.0. The maximum Gasteiger partial charge on any atom is 0.386 e. The number of aliphatic hydroxyl groups excluding tert-OH is 1. The lowest BCUT2D eigenvalue weighted by atomic mass is 10.1. The van der Waals surface area contributed by atoms with Crippen LogP contribution in [0, 0.1) is 6.92 Å². The number of ether oxygens (including phenoxy) is 1. The van der Waals surface area contributed by atoms with Crippen molar-refractivity contribution in [2.75, 3.05) is 12.3 Å². The van der Waals surface area contributed by atoms with Gasteiger partial charge in [0, 0.05) is 6.42 Å². The number of aromatic amines is 1. The summed E-state index contributed by atoms with van der Waals surface area (Å²) in [5.74, 6) is 0.362. The van der Waals surface area contributed by atoms with E-state index in [2.05, 4.69) is 42.2 Å². The Labute approximate surface area is 256 Å². The maximum absolute atomic E-state index is 16.1. The molecular weight excluding hydrogens is 667 g/mol. The van der Waals surface area contributed by atoms with Gasteiger partial charge in [-0.2, -0.15) is 0 Å². The van der Waals surface area contributed by atoms with Crippen molar-refractivity contribution in [3.63, 3.8) is 0 Å². The van der Waals surface area contributed by atoms with Crippen molar-refractivity contribution >= 4 is 65.7 Å². The predicted molar refractivity (Wildman–Crippen MR) is 155 cm³/mol. The van der Waals surface area contributed by atoms with Crippen LogP contribution >= 0.6 is 25.8 Å². The Morgan fingerprint density at radius 1 is 1.11 bits per heavy atom. The first-order valence-electron chi connectivity index (χ1n) is 13.0. The minimum absolute atomic E-state index is 0.0142. The summed E-state index contributed by atoms with van der Waals surface area (Å²) in [4.78, 5) is 46.6. The van der Waals surface area contributed by atoms with Gasteiger partial charge in [0.15, 0.2) is 35.0 Å². The molecule has 3 aliphatic rings. The molecule has 23 heteroatoms. The van der Waals surface area contributed by atoms with Gasteiger partial charge in [-0.15, -0.1) is 0 Å². The summed E-state index contributed by atoms with van der Waals surface area (Å²) < 4.78 is 60.8. The van der Waals surface area contributed by atoms with E-state index in [1.54, 1.807) is 6.92 Å². The third kappa shape index (κ3) is 5.19. The van der Waals surface area contributed by atoms with Crippen LogP contribution in [-0.2, 0) is 39.2 Å². The number of fused-ring (bicyclic) bond motifs is 5. The predicted octanol–water partition coefficient (Wildman–Crippen LogP) is 0.832. The van der Waals surface area contributed by atoms with E-state index in [-0.39, 0.29) is 34.6 Å². The van der Waals surface area contributed by atoms with Crippen molar-refractivity contribution in [2.24, 2.45) is 0 Å². The van der Waals surface area contributed by atoms with Crippen LogP contribution in [0.25, 0.3) is 22.3 Å². The van der Waals surface area contributed by atoms with Gasteiger partial charge in [-0.1, -0.05) is 12.2 Å². The molecule has 44 heavy (non-hydrogen) atoms. The number of hydrogen-bond donors (Lipinski definition) is 5.